The highest BCUT2D eigenvalue weighted by Gasteiger charge is 2.18. The van der Waals surface area contributed by atoms with Gasteiger partial charge in [-0.25, -0.2) is 9.78 Å². The molecule has 0 aliphatic carbocycles. The predicted molar refractivity (Wildman–Crippen MR) is 103 cm³/mol. The molecule has 0 fully saturated rings. The molecule has 0 aliphatic rings. The predicted octanol–water partition coefficient (Wildman–Crippen LogP) is 0.275. The number of hydrogen-bond acceptors (Lipinski definition) is 6. The van der Waals surface area contributed by atoms with Crippen molar-refractivity contribution in [3.05, 3.63) is 50.7 Å². The Labute approximate surface area is 158 Å². The Morgan fingerprint density at radius 2 is 2.00 bits per heavy atom. The van der Waals surface area contributed by atoms with Gasteiger partial charge in [-0.15, -0.1) is 0 Å². The Hall–Kier alpha value is -2.96. The van der Waals surface area contributed by atoms with E-state index in [0.29, 0.717) is 22.0 Å². The fraction of sp³-hybridized carbons (Fsp3) is 0.278. The van der Waals surface area contributed by atoms with Gasteiger partial charge in [0, 0.05) is 25.4 Å². The molecule has 0 bridgehead atoms. The first-order valence-corrected chi connectivity index (χ1v) is 9.10. The van der Waals surface area contributed by atoms with Crippen molar-refractivity contribution in [2.45, 2.75) is 11.7 Å². The Bertz CT molecular complexity index is 1180. The van der Waals surface area contributed by atoms with Crippen LogP contribution in [-0.2, 0) is 20.6 Å². The Balaban J connectivity index is 2.09. The van der Waals surface area contributed by atoms with Crippen LogP contribution in [0.25, 0.3) is 11.2 Å². The number of nitrogens with zero attached hydrogens (tertiary/aromatic N) is 4. The minimum absolute atomic E-state index is 0.0198. The zero-order chi connectivity index (χ0) is 19.6. The standard InChI is InChI=1S/C18H18N4O4S/c1-20-14-15(19-17(20)27-10-9-23)22(18(26)21(2)16(14)25)8-4-6-12-5-3-7-13(24)11-12/h3,5,7,11,23-24H,8-10H2,1-2H3. The molecule has 140 valence electrons. The van der Waals surface area contributed by atoms with Gasteiger partial charge < -0.3 is 14.8 Å². The normalized spacial score (nSPS) is 10.8. The van der Waals surface area contributed by atoms with Gasteiger partial charge >= 0.3 is 5.69 Å². The second kappa shape index (κ2) is 7.73. The number of aliphatic hydroxyl groups excluding tert-OH is 1. The first kappa shape index (κ1) is 18.8. The van der Waals surface area contributed by atoms with E-state index in [-0.39, 0.29) is 24.5 Å². The fourth-order valence-electron chi connectivity index (χ4n) is 2.62. The van der Waals surface area contributed by atoms with Gasteiger partial charge in [-0.2, -0.15) is 0 Å². The van der Waals surface area contributed by atoms with Crippen LogP contribution in [0.4, 0.5) is 0 Å². The van der Waals surface area contributed by atoms with Crippen LogP contribution in [-0.4, -0.2) is 41.3 Å². The lowest BCUT2D eigenvalue weighted by Gasteiger charge is -2.05. The van der Waals surface area contributed by atoms with Crippen LogP contribution in [0.1, 0.15) is 5.56 Å². The van der Waals surface area contributed by atoms with Crippen LogP contribution in [0.3, 0.4) is 0 Å². The molecule has 2 aromatic heterocycles. The summed E-state index contributed by atoms with van der Waals surface area (Å²) in [5.74, 6) is 6.31. The van der Waals surface area contributed by atoms with Gasteiger partial charge in [0.1, 0.15) is 5.75 Å². The molecule has 27 heavy (non-hydrogen) atoms. The van der Waals surface area contributed by atoms with Crippen LogP contribution >= 0.6 is 11.8 Å². The quantitative estimate of drug-likeness (QED) is 0.493. The van der Waals surface area contributed by atoms with E-state index in [1.165, 1.54) is 29.4 Å². The van der Waals surface area contributed by atoms with Gasteiger partial charge in [-0.1, -0.05) is 29.7 Å². The molecule has 3 aromatic rings. The number of phenols is 1. The van der Waals surface area contributed by atoms with Crippen molar-refractivity contribution >= 4 is 22.9 Å². The molecule has 0 spiro atoms. The number of aryl methyl sites for hydroxylation is 1. The summed E-state index contributed by atoms with van der Waals surface area (Å²) < 4.78 is 3.99. The average molecular weight is 386 g/mol. The molecule has 0 radical (unpaired) electrons. The number of aromatic hydroxyl groups is 1. The van der Waals surface area contributed by atoms with Crippen molar-refractivity contribution in [2.75, 3.05) is 12.4 Å². The molecule has 0 aliphatic heterocycles. The smallest absolute Gasteiger partial charge is 0.333 e. The van der Waals surface area contributed by atoms with Crippen molar-refractivity contribution < 1.29 is 10.2 Å². The number of imidazole rings is 1. The summed E-state index contributed by atoms with van der Waals surface area (Å²) >= 11 is 1.30. The molecule has 9 heteroatoms. The van der Waals surface area contributed by atoms with Crippen LogP contribution in [0.15, 0.2) is 39.0 Å². The lowest BCUT2D eigenvalue weighted by molar-refractivity contribution is 0.322. The van der Waals surface area contributed by atoms with Gasteiger partial charge in [0.25, 0.3) is 5.56 Å². The monoisotopic (exact) mass is 386 g/mol. The van der Waals surface area contributed by atoms with E-state index >= 15 is 0 Å². The molecule has 1 aromatic carbocycles. The third-order valence-corrected chi connectivity index (χ3v) is 4.96. The van der Waals surface area contributed by atoms with E-state index in [1.807, 2.05) is 0 Å². The highest BCUT2D eigenvalue weighted by molar-refractivity contribution is 7.99. The largest absolute Gasteiger partial charge is 0.508 e. The lowest BCUT2D eigenvalue weighted by atomic mass is 10.2. The van der Waals surface area contributed by atoms with Gasteiger partial charge in [0.2, 0.25) is 0 Å². The van der Waals surface area contributed by atoms with Gasteiger partial charge in [0.15, 0.2) is 16.3 Å². The third kappa shape index (κ3) is 3.63. The van der Waals surface area contributed by atoms with Crippen molar-refractivity contribution in [3.63, 3.8) is 0 Å². The van der Waals surface area contributed by atoms with Crippen LogP contribution in [0.2, 0.25) is 0 Å². The topological polar surface area (TPSA) is 102 Å². The molecular formula is C18H18N4O4S. The Kier molecular flexibility index (Phi) is 5.39. The zero-order valence-electron chi connectivity index (χ0n) is 14.8. The molecular weight excluding hydrogens is 368 g/mol. The summed E-state index contributed by atoms with van der Waals surface area (Å²) in [5, 5.41) is 19.1. The summed E-state index contributed by atoms with van der Waals surface area (Å²) in [6, 6.07) is 6.50. The minimum atomic E-state index is -0.505. The van der Waals surface area contributed by atoms with Gasteiger partial charge in [-0.05, 0) is 18.2 Å². The number of benzene rings is 1. The second-order valence-electron chi connectivity index (χ2n) is 5.78. The van der Waals surface area contributed by atoms with Gasteiger partial charge in [-0.3, -0.25) is 13.9 Å². The summed E-state index contributed by atoms with van der Waals surface area (Å²) in [7, 11) is 3.11. The molecule has 0 unspecified atom stereocenters. The van der Waals surface area contributed by atoms with Crippen molar-refractivity contribution in [3.8, 4) is 17.6 Å². The van der Waals surface area contributed by atoms with Crippen molar-refractivity contribution in [2.24, 2.45) is 14.1 Å². The number of phenolic OH excluding ortho intramolecular Hbond substituents is 1. The lowest BCUT2D eigenvalue weighted by Crippen LogP contribution is -2.38. The molecule has 3 rings (SSSR count). The van der Waals surface area contributed by atoms with Crippen LogP contribution in [0, 0.1) is 11.8 Å². The second-order valence-corrected chi connectivity index (χ2v) is 6.84. The maximum Gasteiger partial charge on any atom is 0.333 e. The molecule has 0 amide bonds. The molecule has 0 atom stereocenters. The minimum Gasteiger partial charge on any atom is -0.508 e. The summed E-state index contributed by atoms with van der Waals surface area (Å²) in [4.78, 5) is 29.5. The van der Waals surface area contributed by atoms with E-state index in [0.717, 1.165) is 4.57 Å². The molecule has 8 nitrogen and oxygen atoms in total. The summed E-state index contributed by atoms with van der Waals surface area (Å²) in [6.45, 7) is 0.0221. The summed E-state index contributed by atoms with van der Waals surface area (Å²) in [6.07, 6.45) is 0. The number of aromatic nitrogens is 4. The molecule has 2 N–H and O–H groups in total. The number of aliphatic hydroxyl groups is 1. The number of rotatable bonds is 4. The van der Waals surface area contributed by atoms with Crippen molar-refractivity contribution in [1.29, 1.82) is 0 Å². The molecule has 0 saturated heterocycles. The summed E-state index contributed by atoms with van der Waals surface area (Å²) in [5.41, 5.74) is 0.241. The third-order valence-electron chi connectivity index (χ3n) is 3.95. The fourth-order valence-corrected chi connectivity index (χ4v) is 3.33. The SMILES string of the molecule is Cn1c(=O)c2c(nc(SCCO)n2C)n(CC#Cc2cccc(O)c2)c1=O. The average Bonchev–Trinajstić information content (AvgIpc) is 2.97. The highest BCUT2D eigenvalue weighted by Crippen LogP contribution is 2.19. The number of fused-ring (bicyclic) bond motifs is 1. The van der Waals surface area contributed by atoms with E-state index in [9.17, 15) is 14.7 Å². The Morgan fingerprint density at radius 3 is 2.70 bits per heavy atom. The first-order chi connectivity index (χ1) is 12.9. The van der Waals surface area contributed by atoms with E-state index < -0.39 is 11.2 Å². The maximum absolute atomic E-state index is 12.6. The molecule has 2 heterocycles. The molecule has 0 saturated carbocycles. The first-order valence-electron chi connectivity index (χ1n) is 8.12. The van der Waals surface area contributed by atoms with E-state index in [4.69, 9.17) is 5.11 Å². The van der Waals surface area contributed by atoms with E-state index in [2.05, 4.69) is 16.8 Å². The van der Waals surface area contributed by atoms with Crippen molar-refractivity contribution in [1.82, 2.24) is 18.7 Å². The van der Waals surface area contributed by atoms with E-state index in [1.54, 1.807) is 29.8 Å². The number of thioether (sulfide) groups is 1. The highest BCUT2D eigenvalue weighted by atomic mass is 32.2. The zero-order valence-corrected chi connectivity index (χ0v) is 15.7. The Morgan fingerprint density at radius 1 is 1.22 bits per heavy atom. The number of hydrogen-bond donors (Lipinski definition) is 2. The van der Waals surface area contributed by atoms with Gasteiger partial charge in [0.05, 0.1) is 13.2 Å². The van der Waals surface area contributed by atoms with Crippen LogP contribution < -0.4 is 11.2 Å². The maximum atomic E-state index is 12.6. The van der Waals surface area contributed by atoms with Crippen LogP contribution in [0.5, 0.6) is 5.75 Å².